The predicted molar refractivity (Wildman–Crippen MR) is 105 cm³/mol. The normalized spacial score (nSPS) is 24.1. The van der Waals surface area contributed by atoms with Crippen molar-refractivity contribution in [3.63, 3.8) is 0 Å². The first-order valence-electron chi connectivity index (χ1n) is 10.1. The minimum atomic E-state index is -0.0130. The van der Waals surface area contributed by atoms with Crippen LogP contribution in [0, 0.1) is 11.8 Å². The first kappa shape index (κ1) is 18.8. The molecule has 1 aromatic carbocycles. The predicted octanol–water partition coefficient (Wildman–Crippen LogP) is 2.63. The van der Waals surface area contributed by atoms with E-state index in [4.69, 9.17) is 11.6 Å². The maximum atomic E-state index is 13.0. The van der Waals surface area contributed by atoms with E-state index in [0.717, 1.165) is 70.0 Å². The maximum absolute atomic E-state index is 13.0. The lowest BCUT2D eigenvalue weighted by molar-refractivity contribution is -0.142. The fraction of sp³-hybridized carbons (Fsp3) is 0.619. The number of rotatable bonds is 4. The van der Waals surface area contributed by atoms with Crippen molar-refractivity contribution in [3.8, 4) is 0 Å². The zero-order valence-corrected chi connectivity index (χ0v) is 16.5. The minimum absolute atomic E-state index is 0.0130. The van der Waals surface area contributed by atoms with Gasteiger partial charge in [-0.05, 0) is 43.4 Å². The second-order valence-electron chi connectivity index (χ2n) is 8.13. The van der Waals surface area contributed by atoms with Gasteiger partial charge in [-0.3, -0.25) is 14.5 Å². The van der Waals surface area contributed by atoms with Crippen molar-refractivity contribution in [2.24, 2.45) is 11.8 Å². The molecule has 1 atom stereocenters. The van der Waals surface area contributed by atoms with Crippen LogP contribution in [0.25, 0.3) is 0 Å². The Morgan fingerprint density at radius 1 is 0.926 bits per heavy atom. The fourth-order valence-corrected chi connectivity index (χ4v) is 4.46. The summed E-state index contributed by atoms with van der Waals surface area (Å²) in [4.78, 5) is 31.6. The summed E-state index contributed by atoms with van der Waals surface area (Å²) >= 11 is 6.07. The summed E-state index contributed by atoms with van der Waals surface area (Å²) in [5.41, 5.74) is 1.21. The highest BCUT2D eigenvalue weighted by Gasteiger charge is 2.37. The highest BCUT2D eigenvalue weighted by Crippen LogP contribution is 2.32. The van der Waals surface area contributed by atoms with Crippen molar-refractivity contribution in [1.29, 1.82) is 0 Å². The number of amides is 2. The van der Waals surface area contributed by atoms with E-state index in [1.165, 1.54) is 5.56 Å². The lowest BCUT2D eigenvalue weighted by atomic mass is 9.95. The second kappa shape index (κ2) is 8.19. The Bertz CT molecular complexity index is 698. The summed E-state index contributed by atoms with van der Waals surface area (Å²) in [5, 5.41) is 0.768. The highest BCUT2D eigenvalue weighted by atomic mass is 35.5. The van der Waals surface area contributed by atoms with Gasteiger partial charge in [0.1, 0.15) is 0 Å². The summed E-state index contributed by atoms with van der Waals surface area (Å²) in [6.45, 7) is 5.63. The molecule has 2 aliphatic heterocycles. The van der Waals surface area contributed by atoms with Gasteiger partial charge in [0.2, 0.25) is 11.8 Å². The summed E-state index contributed by atoms with van der Waals surface area (Å²) in [5.74, 6) is 0.749. The average Bonchev–Trinajstić information content (AvgIpc) is 3.53. The van der Waals surface area contributed by atoms with E-state index in [9.17, 15) is 9.59 Å². The number of carbonyl (C=O) groups is 2. The number of piperidine rings is 1. The lowest BCUT2D eigenvalue weighted by Gasteiger charge is -2.39. The molecular formula is C21H28ClN3O2. The van der Waals surface area contributed by atoms with Crippen LogP contribution in [0.5, 0.6) is 0 Å². The summed E-state index contributed by atoms with van der Waals surface area (Å²) in [7, 11) is 0. The number of likely N-dealkylation sites (tertiary alicyclic amines) is 1. The van der Waals surface area contributed by atoms with Crippen LogP contribution in [0.4, 0.5) is 0 Å². The van der Waals surface area contributed by atoms with Gasteiger partial charge in [-0.1, -0.05) is 23.7 Å². The highest BCUT2D eigenvalue weighted by molar-refractivity contribution is 6.30. The molecule has 2 saturated heterocycles. The fourth-order valence-electron chi connectivity index (χ4n) is 4.25. The molecule has 1 aliphatic carbocycles. The van der Waals surface area contributed by atoms with Crippen LogP contribution >= 0.6 is 11.6 Å². The molecule has 0 radical (unpaired) electrons. The largest absolute Gasteiger partial charge is 0.342 e. The third kappa shape index (κ3) is 4.64. The van der Waals surface area contributed by atoms with Gasteiger partial charge in [-0.2, -0.15) is 0 Å². The van der Waals surface area contributed by atoms with E-state index in [-0.39, 0.29) is 23.7 Å². The van der Waals surface area contributed by atoms with Crippen LogP contribution in [0.2, 0.25) is 5.02 Å². The van der Waals surface area contributed by atoms with Gasteiger partial charge in [-0.15, -0.1) is 0 Å². The quantitative estimate of drug-likeness (QED) is 0.795. The molecule has 0 aromatic heterocycles. The third-order valence-electron chi connectivity index (χ3n) is 5.99. The van der Waals surface area contributed by atoms with Crippen molar-refractivity contribution < 1.29 is 9.59 Å². The molecule has 4 rings (SSSR count). The molecule has 5 nitrogen and oxygen atoms in total. The number of nitrogens with zero attached hydrogens (tertiary/aromatic N) is 3. The lowest BCUT2D eigenvalue weighted by Crippen LogP contribution is -2.52. The van der Waals surface area contributed by atoms with E-state index in [1.807, 2.05) is 28.0 Å². The molecule has 6 heteroatoms. The van der Waals surface area contributed by atoms with Crippen LogP contribution in [-0.2, 0) is 16.1 Å². The van der Waals surface area contributed by atoms with Crippen LogP contribution < -0.4 is 0 Å². The Morgan fingerprint density at radius 3 is 2.37 bits per heavy atom. The molecule has 146 valence electrons. The van der Waals surface area contributed by atoms with Gasteiger partial charge >= 0.3 is 0 Å². The zero-order valence-electron chi connectivity index (χ0n) is 15.8. The minimum Gasteiger partial charge on any atom is -0.342 e. The molecule has 0 bridgehead atoms. The molecule has 2 amide bonds. The van der Waals surface area contributed by atoms with Crippen LogP contribution in [0.15, 0.2) is 24.3 Å². The molecule has 1 saturated carbocycles. The van der Waals surface area contributed by atoms with Crippen molar-refractivity contribution in [2.75, 3.05) is 39.3 Å². The van der Waals surface area contributed by atoms with Crippen LogP contribution in [0.3, 0.4) is 0 Å². The summed E-state index contributed by atoms with van der Waals surface area (Å²) in [6.07, 6.45) is 3.92. The Hall–Kier alpha value is -1.59. The zero-order chi connectivity index (χ0) is 18.8. The maximum Gasteiger partial charge on any atom is 0.227 e. The van der Waals surface area contributed by atoms with Gasteiger partial charge in [0.15, 0.2) is 0 Å². The molecule has 27 heavy (non-hydrogen) atoms. The van der Waals surface area contributed by atoms with Gasteiger partial charge in [0.05, 0.1) is 5.92 Å². The Labute approximate surface area is 166 Å². The first-order valence-corrected chi connectivity index (χ1v) is 10.5. The molecule has 1 unspecified atom stereocenters. The SMILES string of the molecule is O=C(C1CCCN(C(=O)C2CC2)C1)N1CCN(Cc2cccc(Cl)c2)CC1. The number of hydrogen-bond donors (Lipinski definition) is 0. The Morgan fingerprint density at radius 2 is 1.67 bits per heavy atom. The van der Waals surface area contributed by atoms with Crippen LogP contribution in [-0.4, -0.2) is 65.8 Å². The standard InChI is InChI=1S/C21H28ClN3O2/c22-19-5-1-3-16(13-19)14-23-9-11-24(12-10-23)21(27)18-4-2-8-25(15-18)20(26)17-6-7-17/h1,3,5,13,17-18H,2,4,6-12,14-15H2. The summed E-state index contributed by atoms with van der Waals surface area (Å²) in [6, 6.07) is 7.97. The Balaban J connectivity index is 1.27. The van der Waals surface area contributed by atoms with E-state index in [2.05, 4.69) is 11.0 Å². The molecule has 0 spiro atoms. The van der Waals surface area contributed by atoms with Gasteiger partial charge in [0, 0.05) is 56.8 Å². The average molecular weight is 390 g/mol. The molecular weight excluding hydrogens is 362 g/mol. The number of piperazine rings is 1. The van der Waals surface area contributed by atoms with Crippen molar-refractivity contribution in [2.45, 2.75) is 32.2 Å². The van der Waals surface area contributed by atoms with Gasteiger partial charge < -0.3 is 9.80 Å². The van der Waals surface area contributed by atoms with Crippen molar-refractivity contribution in [1.82, 2.24) is 14.7 Å². The van der Waals surface area contributed by atoms with Crippen LogP contribution in [0.1, 0.15) is 31.2 Å². The van der Waals surface area contributed by atoms with Gasteiger partial charge in [-0.25, -0.2) is 0 Å². The summed E-state index contributed by atoms with van der Waals surface area (Å²) < 4.78 is 0. The van der Waals surface area contributed by atoms with E-state index in [0.29, 0.717) is 6.54 Å². The molecule has 0 N–H and O–H groups in total. The smallest absolute Gasteiger partial charge is 0.227 e. The number of hydrogen-bond acceptors (Lipinski definition) is 3. The number of halogens is 1. The molecule has 3 aliphatic rings. The monoisotopic (exact) mass is 389 g/mol. The topological polar surface area (TPSA) is 43.9 Å². The Kier molecular flexibility index (Phi) is 5.69. The van der Waals surface area contributed by atoms with Crippen molar-refractivity contribution >= 4 is 23.4 Å². The van der Waals surface area contributed by atoms with E-state index < -0.39 is 0 Å². The number of carbonyl (C=O) groups excluding carboxylic acids is 2. The number of benzene rings is 1. The molecule has 1 aromatic rings. The molecule has 3 fully saturated rings. The second-order valence-corrected chi connectivity index (χ2v) is 8.57. The third-order valence-corrected chi connectivity index (χ3v) is 6.22. The van der Waals surface area contributed by atoms with E-state index in [1.54, 1.807) is 0 Å². The van der Waals surface area contributed by atoms with Crippen molar-refractivity contribution in [3.05, 3.63) is 34.9 Å². The van der Waals surface area contributed by atoms with Gasteiger partial charge in [0.25, 0.3) is 0 Å². The first-order chi connectivity index (χ1) is 13.1. The van der Waals surface area contributed by atoms with E-state index >= 15 is 0 Å². The molecule has 2 heterocycles.